The van der Waals surface area contributed by atoms with E-state index in [1.54, 1.807) is 0 Å². The molecule has 0 amide bonds. The van der Waals surface area contributed by atoms with Gasteiger partial charge in [-0.2, -0.15) is 9.97 Å². The molecule has 44 heavy (non-hydrogen) atoms. The molecule has 2 aromatic carbocycles. The molecule has 6 N–H and O–H groups in total. The highest BCUT2D eigenvalue weighted by Gasteiger charge is 2.33. The zero-order valence-electron chi connectivity index (χ0n) is 25.8. The lowest BCUT2D eigenvalue weighted by molar-refractivity contribution is 0.445. The van der Waals surface area contributed by atoms with Gasteiger partial charge in [0.15, 0.2) is 0 Å². The van der Waals surface area contributed by atoms with Crippen molar-refractivity contribution in [2.75, 3.05) is 61.5 Å². The summed E-state index contributed by atoms with van der Waals surface area (Å²) in [6.07, 6.45) is 4.21. The molecule has 1 atom stereocenters. The third-order valence-corrected chi connectivity index (χ3v) is 9.59. The van der Waals surface area contributed by atoms with E-state index in [0.29, 0.717) is 29.9 Å². The predicted molar refractivity (Wildman–Crippen MR) is 178 cm³/mol. The van der Waals surface area contributed by atoms with E-state index in [0.717, 1.165) is 74.9 Å². The van der Waals surface area contributed by atoms with Gasteiger partial charge in [-0.05, 0) is 56.8 Å². The number of aromatic nitrogens is 4. The predicted octanol–water partition coefficient (Wildman–Crippen LogP) is 3.42. The van der Waals surface area contributed by atoms with Crippen LogP contribution in [0.3, 0.4) is 0 Å². The fourth-order valence-corrected chi connectivity index (χ4v) is 7.02. The van der Waals surface area contributed by atoms with Gasteiger partial charge in [-0.15, -0.1) is 0 Å². The minimum absolute atomic E-state index is 0.367. The Morgan fingerprint density at radius 1 is 0.682 bits per heavy atom. The maximum atomic E-state index is 6.01. The molecule has 2 fully saturated rings. The summed E-state index contributed by atoms with van der Waals surface area (Å²) in [5.74, 6) is 3.28. The van der Waals surface area contributed by atoms with E-state index in [1.165, 1.54) is 33.4 Å². The number of fused-ring (bicyclic) bond motifs is 6. The summed E-state index contributed by atoms with van der Waals surface area (Å²) in [4.78, 5) is 22.9. The fourth-order valence-electron chi connectivity index (χ4n) is 7.02. The summed E-state index contributed by atoms with van der Waals surface area (Å²) < 4.78 is 0. The molecule has 2 aliphatic heterocycles. The summed E-state index contributed by atoms with van der Waals surface area (Å²) in [5, 5.41) is 6.61. The lowest BCUT2D eigenvalue weighted by Gasteiger charge is -2.41. The number of hydrogen-bond acceptors (Lipinski definition) is 10. The number of nitrogens with two attached hydrogens (primary N) is 2. The van der Waals surface area contributed by atoms with Gasteiger partial charge in [0.25, 0.3) is 0 Å². The second kappa shape index (κ2) is 11.7. The van der Waals surface area contributed by atoms with Crippen molar-refractivity contribution in [3.05, 3.63) is 70.8 Å². The van der Waals surface area contributed by atoms with Gasteiger partial charge in [-0.25, -0.2) is 9.97 Å². The van der Waals surface area contributed by atoms with Crippen LogP contribution in [-0.2, 0) is 19.3 Å². The van der Waals surface area contributed by atoms with E-state index >= 15 is 0 Å². The molecule has 228 valence electrons. The van der Waals surface area contributed by atoms with Gasteiger partial charge in [0.1, 0.15) is 11.6 Å². The first kappa shape index (κ1) is 28.5. The Kier molecular flexibility index (Phi) is 7.55. The van der Waals surface area contributed by atoms with Crippen LogP contribution in [0, 0.1) is 0 Å². The average molecular weight is 591 g/mol. The zero-order chi connectivity index (χ0) is 30.4. The van der Waals surface area contributed by atoms with E-state index in [1.807, 2.05) is 14.1 Å². The Labute approximate surface area is 259 Å². The molecule has 0 bridgehead atoms. The van der Waals surface area contributed by atoms with E-state index in [-0.39, 0.29) is 0 Å². The van der Waals surface area contributed by atoms with E-state index < -0.39 is 0 Å². The summed E-state index contributed by atoms with van der Waals surface area (Å²) in [7, 11) is 4.01. The number of benzene rings is 2. The summed E-state index contributed by atoms with van der Waals surface area (Å²) in [6, 6.07) is 18.1. The van der Waals surface area contributed by atoms with Crippen molar-refractivity contribution in [1.29, 1.82) is 0 Å². The first-order valence-corrected chi connectivity index (χ1v) is 15.8. The van der Waals surface area contributed by atoms with Crippen LogP contribution in [0.5, 0.6) is 0 Å². The lowest BCUT2D eigenvalue weighted by atomic mass is 9.82. The molecule has 4 aromatic rings. The zero-order valence-corrected chi connectivity index (χ0v) is 25.8. The Hall–Kier alpha value is -4.28. The molecule has 4 heterocycles. The summed E-state index contributed by atoms with van der Waals surface area (Å²) in [5.41, 5.74) is 21.7. The van der Waals surface area contributed by atoms with Crippen molar-refractivity contribution in [3.63, 3.8) is 0 Å². The SMILES string of the molecule is CNC1CN(c2nc(N)nc3c2CC(C)c2ccccc2-3)C1.CNC1CN(c2nc(N)nc3c2CCCc2ccccc2-3)C1. The van der Waals surface area contributed by atoms with Gasteiger partial charge in [0.05, 0.1) is 11.4 Å². The molecule has 2 aliphatic carbocycles. The smallest absolute Gasteiger partial charge is 0.222 e. The molecule has 0 saturated carbocycles. The fraction of sp³-hybridized carbons (Fsp3) is 0.412. The number of rotatable bonds is 4. The lowest BCUT2D eigenvalue weighted by Crippen LogP contribution is -2.57. The van der Waals surface area contributed by atoms with Crippen LogP contribution >= 0.6 is 0 Å². The van der Waals surface area contributed by atoms with Crippen molar-refractivity contribution >= 4 is 23.5 Å². The first-order chi connectivity index (χ1) is 21.4. The second-order valence-electron chi connectivity index (χ2n) is 12.4. The highest BCUT2D eigenvalue weighted by atomic mass is 15.3. The van der Waals surface area contributed by atoms with Crippen molar-refractivity contribution in [3.8, 4) is 22.5 Å². The van der Waals surface area contributed by atoms with Crippen LogP contribution in [0.15, 0.2) is 48.5 Å². The molecular formula is C34H42N10. The van der Waals surface area contributed by atoms with Gasteiger partial charge < -0.3 is 31.9 Å². The van der Waals surface area contributed by atoms with Crippen LogP contribution in [0.2, 0.25) is 0 Å². The van der Waals surface area contributed by atoms with Crippen molar-refractivity contribution in [2.45, 2.75) is 50.6 Å². The quantitative estimate of drug-likeness (QED) is 0.280. The van der Waals surface area contributed by atoms with E-state index in [4.69, 9.17) is 11.5 Å². The Bertz CT molecular complexity index is 1640. The van der Waals surface area contributed by atoms with Crippen LogP contribution in [0.4, 0.5) is 23.5 Å². The monoisotopic (exact) mass is 590 g/mol. The minimum atomic E-state index is 0.367. The molecule has 0 spiro atoms. The molecule has 1 unspecified atom stereocenters. The Morgan fingerprint density at radius 2 is 1.23 bits per heavy atom. The number of anilines is 4. The van der Waals surface area contributed by atoms with Gasteiger partial charge in [-0.1, -0.05) is 55.5 Å². The van der Waals surface area contributed by atoms with Crippen LogP contribution in [0.25, 0.3) is 22.5 Å². The number of nitrogens with one attached hydrogen (secondary N) is 2. The number of aryl methyl sites for hydroxylation is 1. The molecule has 0 radical (unpaired) electrons. The number of nitrogens with zero attached hydrogens (tertiary/aromatic N) is 6. The van der Waals surface area contributed by atoms with Gasteiger partial charge in [0, 0.05) is 60.5 Å². The average Bonchev–Trinajstić information content (AvgIpc) is 3.17. The van der Waals surface area contributed by atoms with Crippen LogP contribution < -0.4 is 31.9 Å². The maximum absolute atomic E-state index is 6.01. The Morgan fingerprint density at radius 3 is 1.86 bits per heavy atom. The topological polar surface area (TPSA) is 134 Å². The molecule has 8 rings (SSSR count). The van der Waals surface area contributed by atoms with Crippen molar-refractivity contribution in [2.24, 2.45) is 0 Å². The third-order valence-electron chi connectivity index (χ3n) is 9.59. The summed E-state index contributed by atoms with van der Waals surface area (Å²) in [6.45, 7) is 6.21. The van der Waals surface area contributed by atoms with Gasteiger partial charge in [-0.3, -0.25) is 0 Å². The molecule has 2 aromatic heterocycles. The third kappa shape index (κ3) is 5.11. The standard InChI is InChI=1S/2C17H21N5/c1-10-7-14-15(13-6-4-3-5-12(10)13)20-17(18)21-16(14)22-8-11(9-22)19-2;1-19-12-9-22(10-12)16-14-8-4-6-11-5-2-3-7-13(11)15(14)20-17(18)21-16/h3-6,10-11,19H,7-9H2,1-2H3,(H2,18,20,21);2-3,5,7,12,19H,4,6,8-10H2,1H3,(H2,18,20,21). The van der Waals surface area contributed by atoms with Crippen LogP contribution in [-0.4, -0.2) is 72.3 Å². The molecule has 4 aliphatic rings. The number of nitrogen functional groups attached to an aromatic ring is 2. The molecule has 10 heteroatoms. The maximum Gasteiger partial charge on any atom is 0.222 e. The van der Waals surface area contributed by atoms with Gasteiger partial charge in [0.2, 0.25) is 11.9 Å². The second-order valence-corrected chi connectivity index (χ2v) is 12.4. The molecular weight excluding hydrogens is 548 g/mol. The highest BCUT2D eigenvalue weighted by molar-refractivity contribution is 5.77. The minimum Gasteiger partial charge on any atom is -0.368 e. The number of likely N-dealkylation sites (N-methyl/N-ethyl adjacent to an activating group) is 2. The largest absolute Gasteiger partial charge is 0.368 e. The highest BCUT2D eigenvalue weighted by Crippen LogP contribution is 2.42. The van der Waals surface area contributed by atoms with Crippen molar-refractivity contribution in [1.82, 2.24) is 30.6 Å². The normalized spacial score (nSPS) is 18.8. The van der Waals surface area contributed by atoms with E-state index in [2.05, 4.69) is 95.8 Å². The van der Waals surface area contributed by atoms with Gasteiger partial charge >= 0.3 is 0 Å². The molecule has 10 nitrogen and oxygen atoms in total. The number of hydrogen-bond donors (Lipinski definition) is 4. The van der Waals surface area contributed by atoms with Crippen LogP contribution in [0.1, 0.15) is 41.5 Å². The summed E-state index contributed by atoms with van der Waals surface area (Å²) >= 11 is 0. The van der Waals surface area contributed by atoms with Crippen molar-refractivity contribution < 1.29 is 0 Å². The first-order valence-electron chi connectivity index (χ1n) is 15.8. The van der Waals surface area contributed by atoms with E-state index in [9.17, 15) is 0 Å². The Balaban J connectivity index is 0.000000142. The molecule has 2 saturated heterocycles.